The van der Waals surface area contributed by atoms with Gasteiger partial charge in [-0.25, -0.2) is 18.4 Å². The molecule has 9 heteroatoms. The van der Waals surface area contributed by atoms with Crippen LogP contribution >= 0.6 is 0 Å². The van der Waals surface area contributed by atoms with E-state index in [0.717, 1.165) is 12.8 Å². The van der Waals surface area contributed by atoms with E-state index in [1.165, 1.54) is 6.33 Å². The topological polar surface area (TPSA) is 85.9 Å². The van der Waals surface area contributed by atoms with Crippen molar-refractivity contribution in [1.29, 1.82) is 0 Å². The van der Waals surface area contributed by atoms with Gasteiger partial charge in [0.05, 0.1) is 6.33 Å². The number of hydrogen-bond acceptors (Lipinski definition) is 5. The molecule has 0 bridgehead atoms. The Bertz CT molecular complexity index is 737. The zero-order valence-electron chi connectivity index (χ0n) is 13.4. The maximum Gasteiger partial charge on any atom is 0.262 e. The molecule has 1 fully saturated rings. The molecule has 3 rings (SSSR count). The van der Waals surface area contributed by atoms with E-state index in [1.54, 1.807) is 27.8 Å². The van der Waals surface area contributed by atoms with Crippen LogP contribution in [0.2, 0.25) is 0 Å². The molecule has 2 aromatic rings. The maximum atomic E-state index is 12.8. The molecule has 0 amide bonds. The van der Waals surface area contributed by atoms with Crippen LogP contribution in [-0.2, 0) is 16.6 Å². The van der Waals surface area contributed by atoms with Gasteiger partial charge in [-0.2, -0.15) is 9.40 Å². The van der Waals surface area contributed by atoms with E-state index in [4.69, 9.17) is 0 Å². The normalized spacial score (nSPS) is 20.2. The van der Waals surface area contributed by atoms with Crippen LogP contribution in [-0.4, -0.2) is 50.1 Å². The lowest BCUT2D eigenvalue weighted by Gasteiger charge is -2.31. The summed E-state index contributed by atoms with van der Waals surface area (Å²) in [6, 6.07) is 0.188. The third-order valence-electron chi connectivity index (χ3n) is 4.17. The predicted octanol–water partition coefficient (Wildman–Crippen LogP) is 1.16. The second-order valence-corrected chi connectivity index (χ2v) is 8.13. The first-order valence-corrected chi connectivity index (χ1v) is 9.27. The Morgan fingerprint density at radius 1 is 1.35 bits per heavy atom. The summed E-state index contributed by atoms with van der Waals surface area (Å²) in [6.07, 6.45) is 8.19. The highest BCUT2D eigenvalue weighted by atomic mass is 32.2. The standard InChI is InChI=1S/C14H22N6O2S/c1-12(2)18-8-14(16-11-18)23(21,22)20-5-3-4-13(7-20)6-19-10-15-9-17-19/h8-13H,3-7H2,1-2H3/t13-/m1/s1. The summed E-state index contributed by atoms with van der Waals surface area (Å²) in [4.78, 5) is 8.02. The minimum Gasteiger partial charge on any atom is -0.334 e. The number of sulfonamides is 1. The molecule has 0 saturated carbocycles. The summed E-state index contributed by atoms with van der Waals surface area (Å²) in [5.41, 5.74) is 0. The minimum absolute atomic E-state index is 0.132. The molecule has 23 heavy (non-hydrogen) atoms. The van der Waals surface area contributed by atoms with Gasteiger partial charge < -0.3 is 4.57 Å². The first kappa shape index (κ1) is 16.1. The molecule has 0 aliphatic carbocycles. The molecule has 126 valence electrons. The van der Waals surface area contributed by atoms with Gasteiger partial charge in [0.1, 0.15) is 12.7 Å². The highest BCUT2D eigenvalue weighted by Crippen LogP contribution is 2.24. The molecule has 0 radical (unpaired) electrons. The van der Waals surface area contributed by atoms with Crippen LogP contribution in [0.4, 0.5) is 0 Å². The van der Waals surface area contributed by atoms with E-state index in [-0.39, 0.29) is 17.0 Å². The summed E-state index contributed by atoms with van der Waals surface area (Å²) in [7, 11) is -3.53. The number of hydrogen-bond donors (Lipinski definition) is 0. The van der Waals surface area contributed by atoms with Crippen molar-refractivity contribution in [3.05, 3.63) is 25.2 Å². The molecule has 0 unspecified atom stereocenters. The summed E-state index contributed by atoms with van der Waals surface area (Å²) in [5.74, 6) is 0.243. The molecule has 1 atom stereocenters. The van der Waals surface area contributed by atoms with Gasteiger partial charge in [-0.15, -0.1) is 0 Å². The highest BCUT2D eigenvalue weighted by Gasteiger charge is 2.32. The van der Waals surface area contributed by atoms with Crippen LogP contribution in [0, 0.1) is 5.92 Å². The van der Waals surface area contributed by atoms with E-state index >= 15 is 0 Å². The minimum atomic E-state index is -3.53. The van der Waals surface area contributed by atoms with Gasteiger partial charge >= 0.3 is 0 Å². The quantitative estimate of drug-likeness (QED) is 0.816. The molecule has 0 N–H and O–H groups in total. The van der Waals surface area contributed by atoms with Crippen LogP contribution in [0.5, 0.6) is 0 Å². The lowest BCUT2D eigenvalue weighted by atomic mass is 10.00. The molecule has 1 aliphatic heterocycles. The third kappa shape index (κ3) is 3.45. The largest absolute Gasteiger partial charge is 0.334 e. The van der Waals surface area contributed by atoms with Gasteiger partial charge in [0.15, 0.2) is 5.03 Å². The van der Waals surface area contributed by atoms with Crippen molar-refractivity contribution in [2.24, 2.45) is 5.92 Å². The average molecular weight is 338 g/mol. The molecular weight excluding hydrogens is 316 g/mol. The van der Waals surface area contributed by atoms with Gasteiger partial charge in [0.2, 0.25) is 0 Å². The van der Waals surface area contributed by atoms with Gasteiger partial charge in [0.25, 0.3) is 10.0 Å². The van der Waals surface area contributed by atoms with Gasteiger partial charge in [-0.1, -0.05) is 0 Å². The Morgan fingerprint density at radius 2 is 2.17 bits per heavy atom. The van der Waals surface area contributed by atoms with Crippen molar-refractivity contribution in [2.45, 2.75) is 44.3 Å². The lowest BCUT2D eigenvalue weighted by Crippen LogP contribution is -2.41. The van der Waals surface area contributed by atoms with Crippen molar-refractivity contribution in [1.82, 2.24) is 28.6 Å². The van der Waals surface area contributed by atoms with Crippen molar-refractivity contribution >= 4 is 10.0 Å². The SMILES string of the molecule is CC(C)n1cnc(S(=O)(=O)N2CCC[C@H](Cn3cncn3)C2)c1. The number of imidazole rings is 1. The Kier molecular flexibility index (Phi) is 4.49. The Balaban J connectivity index is 1.73. The zero-order valence-corrected chi connectivity index (χ0v) is 14.2. The second-order valence-electron chi connectivity index (χ2n) is 6.24. The average Bonchev–Trinajstić information content (AvgIpc) is 3.19. The zero-order chi connectivity index (χ0) is 16.4. The van der Waals surface area contributed by atoms with Crippen molar-refractivity contribution < 1.29 is 8.42 Å². The fraction of sp³-hybridized carbons (Fsp3) is 0.643. The smallest absolute Gasteiger partial charge is 0.262 e. The van der Waals surface area contributed by atoms with E-state index in [0.29, 0.717) is 19.6 Å². The molecule has 8 nitrogen and oxygen atoms in total. The van der Waals surface area contributed by atoms with E-state index in [2.05, 4.69) is 15.1 Å². The first-order valence-electron chi connectivity index (χ1n) is 7.83. The molecule has 0 aromatic carbocycles. The molecule has 0 spiro atoms. The Labute approximate surface area is 136 Å². The summed E-state index contributed by atoms with van der Waals surface area (Å²) in [5, 5.41) is 4.23. The molecule has 3 heterocycles. The summed E-state index contributed by atoms with van der Waals surface area (Å²) >= 11 is 0. The summed E-state index contributed by atoms with van der Waals surface area (Å²) in [6.45, 7) is 5.72. The van der Waals surface area contributed by atoms with Gasteiger partial charge in [-0.3, -0.25) is 4.68 Å². The molecule has 1 saturated heterocycles. The van der Waals surface area contributed by atoms with Crippen LogP contribution in [0.1, 0.15) is 32.7 Å². The fourth-order valence-electron chi connectivity index (χ4n) is 2.85. The lowest BCUT2D eigenvalue weighted by molar-refractivity contribution is 0.239. The van der Waals surface area contributed by atoms with Crippen molar-refractivity contribution in [3.8, 4) is 0 Å². The van der Waals surface area contributed by atoms with Crippen LogP contribution in [0.15, 0.2) is 30.2 Å². The number of piperidine rings is 1. The fourth-order valence-corrected chi connectivity index (χ4v) is 4.33. The van der Waals surface area contributed by atoms with E-state index < -0.39 is 10.0 Å². The highest BCUT2D eigenvalue weighted by molar-refractivity contribution is 7.89. The predicted molar refractivity (Wildman–Crippen MR) is 84.1 cm³/mol. The van der Waals surface area contributed by atoms with Gasteiger partial charge in [-0.05, 0) is 32.6 Å². The first-order chi connectivity index (χ1) is 11.0. The van der Waals surface area contributed by atoms with Gasteiger partial charge in [0, 0.05) is 31.9 Å². The van der Waals surface area contributed by atoms with Crippen molar-refractivity contribution in [3.63, 3.8) is 0 Å². The number of aromatic nitrogens is 5. The maximum absolute atomic E-state index is 12.8. The van der Waals surface area contributed by atoms with E-state index in [9.17, 15) is 8.42 Å². The Hall–Kier alpha value is -1.74. The third-order valence-corrected chi connectivity index (χ3v) is 5.92. The van der Waals surface area contributed by atoms with Crippen LogP contribution in [0.25, 0.3) is 0 Å². The molecule has 2 aromatic heterocycles. The van der Waals surface area contributed by atoms with Crippen LogP contribution in [0.3, 0.4) is 0 Å². The van der Waals surface area contributed by atoms with E-state index in [1.807, 2.05) is 18.4 Å². The number of nitrogens with zero attached hydrogens (tertiary/aromatic N) is 6. The second kappa shape index (κ2) is 6.40. The summed E-state index contributed by atoms with van der Waals surface area (Å²) < 4.78 is 30.7. The Morgan fingerprint density at radius 3 is 2.83 bits per heavy atom. The molecule has 1 aliphatic rings. The molecular formula is C14H22N6O2S. The van der Waals surface area contributed by atoms with Crippen LogP contribution < -0.4 is 0 Å². The van der Waals surface area contributed by atoms with Crippen molar-refractivity contribution in [2.75, 3.05) is 13.1 Å². The number of rotatable bonds is 5. The monoisotopic (exact) mass is 338 g/mol.